The number of aryl methyl sites for hydroxylation is 1. The van der Waals surface area contributed by atoms with E-state index in [0.717, 1.165) is 17.5 Å². The van der Waals surface area contributed by atoms with Crippen LogP contribution in [0.5, 0.6) is 0 Å². The van der Waals surface area contributed by atoms with Gasteiger partial charge in [0.15, 0.2) is 0 Å². The topological polar surface area (TPSA) is 51.1 Å². The molecule has 0 atom stereocenters. The monoisotopic (exact) mass is 282 g/mol. The summed E-state index contributed by atoms with van der Waals surface area (Å²) in [5, 5.41) is 0. The Morgan fingerprint density at radius 1 is 1.21 bits per heavy atom. The highest BCUT2D eigenvalue weighted by atomic mass is 32.2. The van der Waals surface area contributed by atoms with E-state index in [1.54, 1.807) is 0 Å². The molecular formula is C13H15FN2O2S. The quantitative estimate of drug-likeness (QED) is 0.932. The molecule has 0 unspecified atom stereocenters. The molecule has 0 aliphatic heterocycles. The Balaban J connectivity index is 2.19. The fourth-order valence-corrected chi connectivity index (χ4v) is 2.83. The summed E-state index contributed by atoms with van der Waals surface area (Å²) in [6.45, 7) is 2.05. The summed E-state index contributed by atoms with van der Waals surface area (Å²) in [6, 6.07) is 9.04. The third kappa shape index (κ3) is 2.85. The van der Waals surface area contributed by atoms with Gasteiger partial charge in [-0.15, -0.1) is 0 Å². The van der Waals surface area contributed by atoms with Crippen molar-refractivity contribution in [1.82, 2.24) is 9.29 Å². The number of rotatable bonds is 4. The van der Waals surface area contributed by atoms with Gasteiger partial charge in [0.05, 0.1) is 6.54 Å². The second kappa shape index (κ2) is 5.14. The summed E-state index contributed by atoms with van der Waals surface area (Å²) in [6.07, 6.45) is 0. The summed E-state index contributed by atoms with van der Waals surface area (Å²) in [4.78, 5) is -0.332. The Morgan fingerprint density at radius 2 is 1.89 bits per heavy atom. The first kappa shape index (κ1) is 13.8. The third-order valence-corrected chi connectivity index (χ3v) is 4.48. The van der Waals surface area contributed by atoms with E-state index in [2.05, 4.69) is 4.72 Å². The molecule has 0 aliphatic rings. The van der Waals surface area contributed by atoms with Crippen molar-refractivity contribution < 1.29 is 12.8 Å². The van der Waals surface area contributed by atoms with Crippen LogP contribution in [-0.2, 0) is 23.6 Å². The molecule has 0 spiro atoms. The molecule has 4 nitrogen and oxygen atoms in total. The highest BCUT2D eigenvalue weighted by molar-refractivity contribution is 7.89. The Hall–Kier alpha value is -1.66. The number of hydrogen-bond acceptors (Lipinski definition) is 2. The summed E-state index contributed by atoms with van der Waals surface area (Å²) < 4.78 is 41.7. The lowest BCUT2D eigenvalue weighted by molar-refractivity contribution is 0.555. The molecule has 102 valence electrons. The number of hydrogen-bond donors (Lipinski definition) is 1. The van der Waals surface area contributed by atoms with Crippen molar-refractivity contribution in [3.63, 3.8) is 0 Å². The van der Waals surface area contributed by atoms with E-state index >= 15 is 0 Å². The number of halogens is 1. The smallest absolute Gasteiger partial charge is 0.243 e. The molecule has 0 saturated heterocycles. The Labute approximate surface area is 111 Å². The lowest BCUT2D eigenvalue weighted by Gasteiger charge is -2.09. The maximum atomic E-state index is 13.5. The number of nitrogens with zero attached hydrogens (tertiary/aromatic N) is 1. The van der Waals surface area contributed by atoms with E-state index in [9.17, 15) is 12.8 Å². The third-order valence-electron chi connectivity index (χ3n) is 3.05. The summed E-state index contributed by atoms with van der Waals surface area (Å²) >= 11 is 0. The van der Waals surface area contributed by atoms with Gasteiger partial charge in [0.2, 0.25) is 10.0 Å². The number of sulfonamides is 1. The predicted molar refractivity (Wildman–Crippen MR) is 70.6 cm³/mol. The summed E-state index contributed by atoms with van der Waals surface area (Å²) in [5.41, 5.74) is 1.84. The average Bonchev–Trinajstić information content (AvgIpc) is 2.68. The normalized spacial score (nSPS) is 11.7. The van der Waals surface area contributed by atoms with Gasteiger partial charge in [0.25, 0.3) is 0 Å². The standard InChI is InChI=1S/C13H15FN2O2S/c1-10-7-8-11(16(10)2)9-15-19(17,18)13-6-4-3-5-12(13)14/h3-8,15H,9H2,1-2H3. The zero-order valence-corrected chi connectivity index (χ0v) is 11.5. The molecule has 2 aromatic rings. The van der Waals surface area contributed by atoms with Crippen molar-refractivity contribution in [3.8, 4) is 0 Å². The van der Waals surface area contributed by atoms with Crippen molar-refractivity contribution in [1.29, 1.82) is 0 Å². The van der Waals surface area contributed by atoms with Gasteiger partial charge in [0.1, 0.15) is 10.7 Å². The van der Waals surface area contributed by atoms with Crippen LogP contribution in [0, 0.1) is 12.7 Å². The minimum Gasteiger partial charge on any atom is -0.351 e. The Kier molecular flexibility index (Phi) is 3.73. The minimum absolute atomic E-state index is 0.126. The highest BCUT2D eigenvalue weighted by Gasteiger charge is 2.18. The SMILES string of the molecule is Cc1ccc(CNS(=O)(=O)c2ccccc2F)n1C. The van der Waals surface area contributed by atoms with Gasteiger partial charge in [0, 0.05) is 18.4 Å². The van der Waals surface area contributed by atoms with E-state index in [-0.39, 0.29) is 11.4 Å². The van der Waals surface area contributed by atoms with Crippen LogP contribution in [0.2, 0.25) is 0 Å². The van der Waals surface area contributed by atoms with Gasteiger partial charge in [-0.2, -0.15) is 0 Å². The molecule has 0 fully saturated rings. The molecule has 0 saturated carbocycles. The molecule has 0 radical (unpaired) electrons. The fourth-order valence-electron chi connectivity index (χ4n) is 1.75. The molecule has 1 aromatic carbocycles. The first-order valence-electron chi connectivity index (χ1n) is 5.77. The van der Waals surface area contributed by atoms with Crippen LogP contribution in [-0.4, -0.2) is 13.0 Å². The Morgan fingerprint density at radius 3 is 2.47 bits per heavy atom. The first-order chi connectivity index (χ1) is 8.92. The van der Waals surface area contributed by atoms with Gasteiger partial charge in [-0.05, 0) is 31.2 Å². The van der Waals surface area contributed by atoms with Crippen LogP contribution >= 0.6 is 0 Å². The van der Waals surface area contributed by atoms with E-state index in [4.69, 9.17) is 0 Å². The number of aromatic nitrogens is 1. The number of benzene rings is 1. The predicted octanol–water partition coefficient (Wildman–Crippen LogP) is 1.95. The first-order valence-corrected chi connectivity index (χ1v) is 7.25. The van der Waals surface area contributed by atoms with E-state index in [1.807, 2.05) is 30.7 Å². The van der Waals surface area contributed by atoms with Gasteiger partial charge in [-0.1, -0.05) is 12.1 Å². The van der Waals surface area contributed by atoms with Crippen LogP contribution in [0.3, 0.4) is 0 Å². The van der Waals surface area contributed by atoms with Crippen LogP contribution in [0.15, 0.2) is 41.3 Å². The molecular weight excluding hydrogens is 267 g/mol. The number of nitrogens with one attached hydrogen (secondary N) is 1. The zero-order valence-electron chi connectivity index (χ0n) is 10.7. The van der Waals surface area contributed by atoms with Crippen molar-refractivity contribution >= 4 is 10.0 Å². The maximum absolute atomic E-state index is 13.5. The largest absolute Gasteiger partial charge is 0.351 e. The van der Waals surface area contributed by atoms with Crippen molar-refractivity contribution in [2.45, 2.75) is 18.4 Å². The van der Waals surface area contributed by atoms with E-state index in [1.165, 1.54) is 18.2 Å². The Bertz CT molecular complexity index is 692. The van der Waals surface area contributed by atoms with Gasteiger partial charge in [-0.3, -0.25) is 0 Å². The van der Waals surface area contributed by atoms with E-state index in [0.29, 0.717) is 0 Å². The molecule has 19 heavy (non-hydrogen) atoms. The highest BCUT2D eigenvalue weighted by Crippen LogP contribution is 2.14. The van der Waals surface area contributed by atoms with Crippen molar-refractivity contribution in [2.24, 2.45) is 7.05 Å². The van der Waals surface area contributed by atoms with Crippen LogP contribution in [0.4, 0.5) is 4.39 Å². The molecule has 1 heterocycles. The van der Waals surface area contributed by atoms with Crippen molar-refractivity contribution in [2.75, 3.05) is 0 Å². The van der Waals surface area contributed by atoms with Gasteiger partial charge in [-0.25, -0.2) is 17.5 Å². The molecule has 2 rings (SSSR count). The fraction of sp³-hybridized carbons (Fsp3) is 0.231. The molecule has 0 bridgehead atoms. The molecule has 0 aliphatic carbocycles. The molecule has 1 aromatic heterocycles. The van der Waals surface area contributed by atoms with Gasteiger partial charge < -0.3 is 4.57 Å². The molecule has 6 heteroatoms. The van der Waals surface area contributed by atoms with Gasteiger partial charge >= 0.3 is 0 Å². The van der Waals surface area contributed by atoms with Crippen LogP contribution < -0.4 is 4.72 Å². The zero-order chi connectivity index (χ0) is 14.0. The lowest BCUT2D eigenvalue weighted by Crippen LogP contribution is -2.25. The molecule has 0 amide bonds. The summed E-state index contributed by atoms with van der Waals surface area (Å²) in [7, 11) is -1.99. The van der Waals surface area contributed by atoms with E-state index < -0.39 is 15.8 Å². The second-order valence-corrected chi connectivity index (χ2v) is 6.02. The lowest BCUT2D eigenvalue weighted by atomic mass is 10.4. The van der Waals surface area contributed by atoms with Crippen molar-refractivity contribution in [3.05, 3.63) is 53.6 Å². The van der Waals surface area contributed by atoms with Crippen LogP contribution in [0.1, 0.15) is 11.4 Å². The van der Waals surface area contributed by atoms with Crippen LogP contribution in [0.25, 0.3) is 0 Å². The second-order valence-electron chi connectivity index (χ2n) is 4.28. The average molecular weight is 282 g/mol. The maximum Gasteiger partial charge on any atom is 0.243 e. The molecule has 1 N–H and O–H groups in total. The summed E-state index contributed by atoms with van der Waals surface area (Å²) in [5.74, 6) is -0.752. The minimum atomic E-state index is -3.83.